The number of benzene rings is 1. The molecule has 27 heavy (non-hydrogen) atoms. The maximum atomic E-state index is 13.1. The SMILES string of the molecule is Cn1c(N2CCOCC2)nc2cc(C(=O)N3CCN4CCC[C@@H]4C3)ccc21. The number of amides is 1. The van der Waals surface area contributed by atoms with E-state index >= 15 is 0 Å². The smallest absolute Gasteiger partial charge is 0.254 e. The van der Waals surface area contributed by atoms with Crippen LogP contribution in [0.4, 0.5) is 5.95 Å². The highest BCUT2D eigenvalue weighted by Gasteiger charge is 2.33. The van der Waals surface area contributed by atoms with Crippen molar-refractivity contribution in [2.24, 2.45) is 7.05 Å². The lowest BCUT2D eigenvalue weighted by Crippen LogP contribution is -2.52. The van der Waals surface area contributed by atoms with Crippen molar-refractivity contribution in [3.8, 4) is 0 Å². The number of rotatable bonds is 2. The van der Waals surface area contributed by atoms with Crippen molar-refractivity contribution in [2.75, 3.05) is 57.4 Å². The summed E-state index contributed by atoms with van der Waals surface area (Å²) in [7, 11) is 2.04. The topological polar surface area (TPSA) is 53.8 Å². The highest BCUT2D eigenvalue weighted by molar-refractivity contribution is 5.97. The molecule has 1 aromatic carbocycles. The summed E-state index contributed by atoms with van der Waals surface area (Å²) >= 11 is 0. The van der Waals surface area contributed by atoms with Crippen molar-refractivity contribution < 1.29 is 9.53 Å². The lowest BCUT2D eigenvalue weighted by atomic mass is 10.1. The Morgan fingerprint density at radius 2 is 2.00 bits per heavy atom. The number of imidazole rings is 1. The van der Waals surface area contributed by atoms with Gasteiger partial charge in [-0.2, -0.15) is 0 Å². The van der Waals surface area contributed by atoms with Crippen LogP contribution in [0.1, 0.15) is 23.2 Å². The highest BCUT2D eigenvalue weighted by atomic mass is 16.5. The number of aryl methyl sites for hydroxylation is 1. The second-order valence-corrected chi connectivity index (χ2v) is 7.86. The molecular formula is C20H27N5O2. The summed E-state index contributed by atoms with van der Waals surface area (Å²) in [6.07, 6.45) is 2.48. The van der Waals surface area contributed by atoms with Gasteiger partial charge < -0.3 is 19.1 Å². The molecule has 7 heteroatoms. The second kappa shape index (κ2) is 6.80. The van der Waals surface area contributed by atoms with Gasteiger partial charge in [-0.15, -0.1) is 0 Å². The number of ether oxygens (including phenoxy) is 1. The van der Waals surface area contributed by atoms with Gasteiger partial charge in [-0.05, 0) is 37.6 Å². The molecule has 0 unspecified atom stereocenters. The summed E-state index contributed by atoms with van der Waals surface area (Å²) < 4.78 is 7.57. The van der Waals surface area contributed by atoms with E-state index in [4.69, 9.17) is 9.72 Å². The summed E-state index contributed by atoms with van der Waals surface area (Å²) in [6, 6.07) is 6.50. The molecule has 0 aliphatic carbocycles. The van der Waals surface area contributed by atoms with E-state index in [1.165, 1.54) is 19.4 Å². The molecule has 4 heterocycles. The van der Waals surface area contributed by atoms with Gasteiger partial charge in [0.05, 0.1) is 24.2 Å². The molecule has 1 atom stereocenters. The van der Waals surface area contributed by atoms with E-state index < -0.39 is 0 Å². The predicted octanol–water partition coefficient (Wildman–Crippen LogP) is 1.33. The highest BCUT2D eigenvalue weighted by Crippen LogP contribution is 2.25. The number of aromatic nitrogens is 2. The first-order valence-electron chi connectivity index (χ1n) is 10.0. The molecular weight excluding hydrogens is 342 g/mol. The molecule has 0 saturated carbocycles. The molecule has 0 spiro atoms. The van der Waals surface area contributed by atoms with Gasteiger partial charge >= 0.3 is 0 Å². The van der Waals surface area contributed by atoms with Crippen LogP contribution in [-0.2, 0) is 11.8 Å². The van der Waals surface area contributed by atoms with Crippen LogP contribution in [0.15, 0.2) is 18.2 Å². The first-order valence-corrected chi connectivity index (χ1v) is 10.0. The summed E-state index contributed by atoms with van der Waals surface area (Å²) in [4.78, 5) is 24.7. The molecule has 0 N–H and O–H groups in total. The zero-order valence-electron chi connectivity index (χ0n) is 15.9. The van der Waals surface area contributed by atoms with E-state index in [1.54, 1.807) is 0 Å². The predicted molar refractivity (Wildman–Crippen MR) is 104 cm³/mol. The van der Waals surface area contributed by atoms with Crippen LogP contribution in [-0.4, -0.2) is 83.8 Å². The van der Waals surface area contributed by atoms with E-state index in [0.29, 0.717) is 6.04 Å². The Bertz CT molecular complexity index is 857. The molecule has 5 rings (SSSR count). The maximum Gasteiger partial charge on any atom is 0.254 e. The van der Waals surface area contributed by atoms with Gasteiger partial charge in [0, 0.05) is 51.4 Å². The Balaban J connectivity index is 1.40. The zero-order valence-corrected chi connectivity index (χ0v) is 15.9. The standard InChI is InChI=1S/C20H27N5O2/c1-22-18-5-4-15(13-17(18)21-20(22)24-9-11-27-12-10-24)19(26)25-8-7-23-6-2-3-16(23)14-25/h4-5,13,16H,2-3,6-12,14H2,1H3/t16-/m1/s1. The first kappa shape index (κ1) is 17.0. The first-order chi connectivity index (χ1) is 13.2. The van der Waals surface area contributed by atoms with Crippen molar-refractivity contribution in [1.29, 1.82) is 0 Å². The quantitative estimate of drug-likeness (QED) is 0.799. The molecule has 0 bridgehead atoms. The molecule has 7 nitrogen and oxygen atoms in total. The van der Waals surface area contributed by atoms with Gasteiger partial charge in [-0.1, -0.05) is 0 Å². The largest absolute Gasteiger partial charge is 0.378 e. The molecule has 0 radical (unpaired) electrons. The molecule has 3 aliphatic heterocycles. The van der Waals surface area contributed by atoms with Crippen molar-refractivity contribution in [1.82, 2.24) is 19.4 Å². The Morgan fingerprint density at radius 1 is 1.15 bits per heavy atom. The van der Waals surface area contributed by atoms with Crippen LogP contribution in [0.2, 0.25) is 0 Å². The van der Waals surface area contributed by atoms with Gasteiger partial charge in [0.2, 0.25) is 5.95 Å². The molecule has 3 aliphatic rings. The molecule has 3 saturated heterocycles. The lowest BCUT2D eigenvalue weighted by Gasteiger charge is -2.37. The van der Waals surface area contributed by atoms with Crippen molar-refractivity contribution in [2.45, 2.75) is 18.9 Å². The number of carbonyl (C=O) groups is 1. The number of piperazine rings is 1. The van der Waals surface area contributed by atoms with E-state index in [9.17, 15) is 4.79 Å². The number of morpholine rings is 1. The van der Waals surface area contributed by atoms with Gasteiger partial charge in [0.25, 0.3) is 5.91 Å². The number of nitrogens with zero attached hydrogens (tertiary/aromatic N) is 5. The summed E-state index contributed by atoms with van der Waals surface area (Å²) in [5, 5.41) is 0. The van der Waals surface area contributed by atoms with Crippen LogP contribution >= 0.6 is 0 Å². The summed E-state index contributed by atoms with van der Waals surface area (Å²) in [5.41, 5.74) is 2.71. The van der Waals surface area contributed by atoms with E-state index in [-0.39, 0.29) is 5.91 Å². The van der Waals surface area contributed by atoms with E-state index in [2.05, 4.69) is 14.4 Å². The Morgan fingerprint density at radius 3 is 2.85 bits per heavy atom. The van der Waals surface area contributed by atoms with Gasteiger partial charge in [-0.3, -0.25) is 9.69 Å². The third-order valence-corrected chi connectivity index (χ3v) is 6.27. The van der Waals surface area contributed by atoms with Crippen LogP contribution < -0.4 is 4.90 Å². The van der Waals surface area contributed by atoms with E-state index in [1.807, 2.05) is 30.1 Å². The average molecular weight is 369 g/mol. The molecule has 2 aromatic rings. The fourth-order valence-electron chi connectivity index (χ4n) is 4.72. The average Bonchev–Trinajstić information content (AvgIpc) is 3.31. The lowest BCUT2D eigenvalue weighted by molar-refractivity contribution is 0.0571. The minimum absolute atomic E-state index is 0.141. The fourth-order valence-corrected chi connectivity index (χ4v) is 4.72. The Hall–Kier alpha value is -2.12. The normalized spacial score (nSPS) is 23.8. The van der Waals surface area contributed by atoms with Crippen LogP contribution in [0.3, 0.4) is 0 Å². The van der Waals surface area contributed by atoms with Gasteiger partial charge in [-0.25, -0.2) is 4.98 Å². The minimum Gasteiger partial charge on any atom is -0.378 e. The van der Waals surface area contributed by atoms with Crippen LogP contribution in [0, 0.1) is 0 Å². The van der Waals surface area contributed by atoms with Gasteiger partial charge in [0.1, 0.15) is 0 Å². The fraction of sp³-hybridized carbons (Fsp3) is 0.600. The van der Waals surface area contributed by atoms with Crippen molar-refractivity contribution in [3.63, 3.8) is 0 Å². The summed E-state index contributed by atoms with van der Waals surface area (Å²) in [5.74, 6) is 1.10. The number of anilines is 1. The molecule has 1 aromatic heterocycles. The van der Waals surface area contributed by atoms with Crippen molar-refractivity contribution >= 4 is 22.9 Å². The van der Waals surface area contributed by atoms with Crippen LogP contribution in [0.5, 0.6) is 0 Å². The Kier molecular flexibility index (Phi) is 4.28. The van der Waals surface area contributed by atoms with Gasteiger partial charge in [0.15, 0.2) is 0 Å². The molecule has 3 fully saturated rings. The van der Waals surface area contributed by atoms with Crippen molar-refractivity contribution in [3.05, 3.63) is 23.8 Å². The third-order valence-electron chi connectivity index (χ3n) is 6.27. The molecule has 144 valence electrons. The van der Waals surface area contributed by atoms with E-state index in [0.717, 1.165) is 68.5 Å². The minimum atomic E-state index is 0.141. The number of hydrogen-bond acceptors (Lipinski definition) is 5. The Labute approximate surface area is 159 Å². The zero-order chi connectivity index (χ0) is 18.4. The number of fused-ring (bicyclic) bond motifs is 2. The maximum absolute atomic E-state index is 13.1. The monoisotopic (exact) mass is 369 g/mol. The van der Waals surface area contributed by atoms with Crippen LogP contribution in [0.25, 0.3) is 11.0 Å². The second-order valence-electron chi connectivity index (χ2n) is 7.86. The molecule has 1 amide bonds. The summed E-state index contributed by atoms with van der Waals surface area (Å²) in [6.45, 7) is 7.07. The number of hydrogen-bond donors (Lipinski definition) is 0. The third kappa shape index (κ3) is 2.99. The number of carbonyl (C=O) groups excluding carboxylic acids is 1.